The number of ether oxygens (including phenoxy) is 2. The number of hydrogen-bond acceptors (Lipinski definition) is 5. The van der Waals surface area contributed by atoms with Crippen molar-refractivity contribution in [2.75, 3.05) is 18.2 Å². The SMILES string of the molecule is COc1ccc(NC(=O)Cc2ccc(N)cc2)cc1OCc1cccnc1.Cl.Cl. The highest BCUT2D eigenvalue weighted by Gasteiger charge is 2.09. The standard InChI is InChI=1S/C21H21N3O3.2ClH/c1-26-19-9-8-18(12-20(19)27-14-16-3-2-10-23-13-16)24-21(25)11-15-4-6-17(22)7-5-15;;/h2-10,12-13H,11,14,22H2,1H3,(H,24,25);2*1H. The molecule has 8 heteroatoms. The highest BCUT2D eigenvalue weighted by atomic mass is 35.5. The molecule has 1 aromatic heterocycles. The Bertz CT molecular complexity index is 907. The fourth-order valence-electron chi connectivity index (χ4n) is 2.54. The van der Waals surface area contributed by atoms with E-state index in [2.05, 4.69) is 10.3 Å². The molecule has 6 nitrogen and oxygen atoms in total. The van der Waals surface area contributed by atoms with Gasteiger partial charge in [-0.3, -0.25) is 9.78 Å². The average Bonchev–Trinajstić information content (AvgIpc) is 2.69. The Kier molecular flexibility index (Phi) is 9.79. The summed E-state index contributed by atoms with van der Waals surface area (Å²) in [5, 5.41) is 2.88. The van der Waals surface area contributed by atoms with Gasteiger partial charge in [-0.1, -0.05) is 18.2 Å². The van der Waals surface area contributed by atoms with Crippen molar-refractivity contribution in [3.63, 3.8) is 0 Å². The maximum Gasteiger partial charge on any atom is 0.228 e. The lowest BCUT2D eigenvalue weighted by atomic mass is 10.1. The van der Waals surface area contributed by atoms with Crippen LogP contribution in [0, 0.1) is 0 Å². The van der Waals surface area contributed by atoms with Crippen LogP contribution in [0.15, 0.2) is 67.0 Å². The third-order valence-electron chi connectivity index (χ3n) is 3.91. The topological polar surface area (TPSA) is 86.5 Å². The van der Waals surface area contributed by atoms with Crippen LogP contribution in [-0.4, -0.2) is 18.0 Å². The van der Waals surface area contributed by atoms with E-state index in [1.165, 1.54) is 0 Å². The number of rotatable bonds is 7. The minimum Gasteiger partial charge on any atom is -0.493 e. The molecule has 0 aliphatic carbocycles. The molecule has 0 saturated carbocycles. The van der Waals surface area contributed by atoms with Crippen LogP contribution in [0.2, 0.25) is 0 Å². The Morgan fingerprint density at radius 2 is 1.79 bits per heavy atom. The lowest BCUT2D eigenvalue weighted by Gasteiger charge is -2.13. The molecule has 0 spiro atoms. The maximum absolute atomic E-state index is 12.3. The molecule has 0 unspecified atom stereocenters. The van der Waals surface area contributed by atoms with Crippen molar-refractivity contribution in [1.82, 2.24) is 4.98 Å². The number of carbonyl (C=O) groups is 1. The lowest BCUT2D eigenvalue weighted by Crippen LogP contribution is -2.14. The zero-order valence-corrected chi connectivity index (χ0v) is 17.5. The van der Waals surface area contributed by atoms with Crippen molar-refractivity contribution in [2.24, 2.45) is 0 Å². The quantitative estimate of drug-likeness (QED) is 0.540. The Labute approximate surface area is 182 Å². The molecule has 0 aliphatic rings. The van der Waals surface area contributed by atoms with E-state index in [-0.39, 0.29) is 37.1 Å². The summed E-state index contributed by atoms with van der Waals surface area (Å²) in [6.45, 7) is 0.354. The first-order chi connectivity index (χ1) is 13.1. The molecule has 0 fully saturated rings. The predicted octanol–water partition coefficient (Wildman–Crippen LogP) is 4.28. The average molecular weight is 436 g/mol. The van der Waals surface area contributed by atoms with E-state index in [9.17, 15) is 4.79 Å². The van der Waals surface area contributed by atoms with Gasteiger partial charge in [0, 0.05) is 35.4 Å². The third-order valence-corrected chi connectivity index (χ3v) is 3.91. The number of nitrogens with zero attached hydrogens (tertiary/aromatic N) is 1. The van der Waals surface area contributed by atoms with Gasteiger partial charge in [0.05, 0.1) is 13.5 Å². The first kappa shape index (κ1) is 24.1. The number of nitrogens with one attached hydrogen (secondary N) is 1. The predicted molar refractivity (Wildman–Crippen MR) is 119 cm³/mol. The maximum atomic E-state index is 12.3. The van der Waals surface area contributed by atoms with Crippen molar-refractivity contribution < 1.29 is 14.3 Å². The first-order valence-electron chi connectivity index (χ1n) is 8.48. The summed E-state index contributed by atoms with van der Waals surface area (Å²) in [6, 6.07) is 16.3. The summed E-state index contributed by atoms with van der Waals surface area (Å²) in [5.41, 5.74) is 8.81. The molecule has 0 atom stereocenters. The molecule has 1 heterocycles. The normalized spacial score (nSPS) is 9.55. The molecule has 3 N–H and O–H groups in total. The molecule has 0 bridgehead atoms. The van der Waals surface area contributed by atoms with Crippen LogP contribution >= 0.6 is 24.8 Å². The van der Waals surface area contributed by atoms with Gasteiger partial charge in [-0.15, -0.1) is 24.8 Å². The summed E-state index contributed by atoms with van der Waals surface area (Å²) in [7, 11) is 1.58. The lowest BCUT2D eigenvalue weighted by molar-refractivity contribution is -0.115. The monoisotopic (exact) mass is 435 g/mol. The number of nitrogens with two attached hydrogens (primary N) is 1. The Balaban J connectivity index is 0.00000210. The van der Waals surface area contributed by atoms with Crippen LogP contribution in [0.5, 0.6) is 11.5 Å². The number of hydrogen-bond donors (Lipinski definition) is 2. The number of amides is 1. The van der Waals surface area contributed by atoms with Gasteiger partial charge < -0.3 is 20.5 Å². The number of benzene rings is 2. The van der Waals surface area contributed by atoms with Gasteiger partial charge in [-0.05, 0) is 35.9 Å². The molecule has 3 rings (SSSR count). The second kappa shape index (κ2) is 11.8. The molecule has 2 aromatic carbocycles. The van der Waals surface area contributed by atoms with Crippen molar-refractivity contribution in [3.05, 3.63) is 78.1 Å². The summed E-state index contributed by atoms with van der Waals surface area (Å²) in [5.74, 6) is 1.02. The first-order valence-corrected chi connectivity index (χ1v) is 8.48. The van der Waals surface area contributed by atoms with E-state index in [0.717, 1.165) is 11.1 Å². The molecular formula is C21H23Cl2N3O3. The number of halogens is 2. The fraction of sp³-hybridized carbons (Fsp3) is 0.143. The molecule has 3 aromatic rings. The Morgan fingerprint density at radius 1 is 1.03 bits per heavy atom. The second-order valence-electron chi connectivity index (χ2n) is 5.98. The number of pyridine rings is 1. The van der Waals surface area contributed by atoms with Gasteiger partial charge in [0.1, 0.15) is 6.61 Å². The van der Waals surface area contributed by atoms with E-state index >= 15 is 0 Å². The third kappa shape index (κ3) is 7.18. The summed E-state index contributed by atoms with van der Waals surface area (Å²) in [4.78, 5) is 16.4. The molecule has 29 heavy (non-hydrogen) atoms. The highest BCUT2D eigenvalue weighted by molar-refractivity contribution is 5.92. The molecule has 0 aliphatic heterocycles. The molecule has 0 radical (unpaired) electrons. The summed E-state index contributed by atoms with van der Waals surface area (Å²) >= 11 is 0. The van der Waals surface area contributed by atoms with E-state index < -0.39 is 0 Å². The highest BCUT2D eigenvalue weighted by Crippen LogP contribution is 2.31. The van der Waals surface area contributed by atoms with Crippen LogP contribution in [0.1, 0.15) is 11.1 Å². The largest absolute Gasteiger partial charge is 0.493 e. The van der Waals surface area contributed by atoms with Gasteiger partial charge >= 0.3 is 0 Å². The smallest absolute Gasteiger partial charge is 0.228 e. The Hall–Kier alpha value is -2.96. The number of aromatic nitrogens is 1. The van der Waals surface area contributed by atoms with E-state index in [0.29, 0.717) is 29.5 Å². The summed E-state index contributed by atoms with van der Waals surface area (Å²) in [6.07, 6.45) is 3.71. The van der Waals surface area contributed by atoms with Gasteiger partial charge in [-0.2, -0.15) is 0 Å². The molecular weight excluding hydrogens is 413 g/mol. The van der Waals surface area contributed by atoms with Crippen LogP contribution < -0.4 is 20.5 Å². The van der Waals surface area contributed by atoms with Gasteiger partial charge in [0.15, 0.2) is 11.5 Å². The zero-order chi connectivity index (χ0) is 19.1. The minimum atomic E-state index is -0.122. The Morgan fingerprint density at radius 3 is 2.45 bits per heavy atom. The minimum absolute atomic E-state index is 0. The van der Waals surface area contributed by atoms with Crippen molar-refractivity contribution in [3.8, 4) is 11.5 Å². The van der Waals surface area contributed by atoms with Crippen LogP contribution in [-0.2, 0) is 17.8 Å². The van der Waals surface area contributed by atoms with Crippen molar-refractivity contribution >= 4 is 42.1 Å². The second-order valence-corrected chi connectivity index (χ2v) is 5.98. The number of nitrogen functional groups attached to an aromatic ring is 1. The molecule has 1 amide bonds. The van der Waals surface area contributed by atoms with Gasteiger partial charge in [-0.25, -0.2) is 0 Å². The number of anilines is 2. The van der Waals surface area contributed by atoms with Crippen LogP contribution in [0.25, 0.3) is 0 Å². The summed E-state index contributed by atoms with van der Waals surface area (Å²) < 4.78 is 11.2. The molecule has 0 saturated heterocycles. The van der Waals surface area contributed by atoms with Crippen molar-refractivity contribution in [2.45, 2.75) is 13.0 Å². The van der Waals surface area contributed by atoms with Crippen LogP contribution in [0.4, 0.5) is 11.4 Å². The van der Waals surface area contributed by atoms with Crippen molar-refractivity contribution in [1.29, 1.82) is 0 Å². The van der Waals surface area contributed by atoms with Crippen LogP contribution in [0.3, 0.4) is 0 Å². The molecule has 154 valence electrons. The number of carbonyl (C=O) groups excluding carboxylic acids is 1. The van der Waals surface area contributed by atoms with E-state index in [1.807, 2.05) is 24.3 Å². The zero-order valence-electron chi connectivity index (χ0n) is 15.8. The van der Waals surface area contributed by atoms with Gasteiger partial charge in [0.2, 0.25) is 5.91 Å². The van der Waals surface area contributed by atoms with E-state index in [4.69, 9.17) is 15.2 Å². The van der Waals surface area contributed by atoms with E-state index in [1.54, 1.807) is 49.8 Å². The van der Waals surface area contributed by atoms with Gasteiger partial charge in [0.25, 0.3) is 0 Å². The fourth-order valence-corrected chi connectivity index (χ4v) is 2.54. The number of methoxy groups -OCH3 is 1.